The molecular weight excluding hydrogens is 314 g/mol. The molecule has 2 aromatic heterocycles. The molecule has 3 rings (SSSR count). The van der Waals surface area contributed by atoms with Crippen LogP contribution in [-0.4, -0.2) is 26.5 Å². The quantitative estimate of drug-likeness (QED) is 0.747. The lowest BCUT2D eigenvalue weighted by Crippen LogP contribution is -2.22. The average molecular weight is 328 g/mol. The normalized spacial score (nSPS) is 12.0. The first-order valence-corrected chi connectivity index (χ1v) is 7.17. The lowest BCUT2D eigenvalue weighted by molar-refractivity contribution is 0.558. The number of aromatic nitrogens is 4. The molecule has 3 N–H and O–H groups in total. The van der Waals surface area contributed by atoms with E-state index in [1.165, 1.54) is 12.1 Å². The molecule has 0 amide bonds. The van der Waals surface area contributed by atoms with Crippen molar-refractivity contribution in [2.45, 2.75) is 6.04 Å². The van der Waals surface area contributed by atoms with Crippen molar-refractivity contribution >= 4 is 5.95 Å². The molecule has 1 atom stereocenters. The molecule has 1 aromatic carbocycles. The number of benzene rings is 1. The van der Waals surface area contributed by atoms with Gasteiger partial charge in [-0.3, -0.25) is 9.97 Å². The van der Waals surface area contributed by atoms with E-state index in [1.54, 1.807) is 30.9 Å². The van der Waals surface area contributed by atoms with Crippen LogP contribution in [0.1, 0.15) is 11.6 Å². The van der Waals surface area contributed by atoms with E-state index in [9.17, 15) is 8.78 Å². The summed E-state index contributed by atoms with van der Waals surface area (Å²) >= 11 is 0. The minimum Gasteiger partial charge on any atom is -0.352 e. The first kappa shape index (κ1) is 15.9. The minimum atomic E-state index is -0.682. The highest BCUT2D eigenvalue weighted by atomic mass is 19.1. The Labute approximate surface area is 136 Å². The van der Waals surface area contributed by atoms with Gasteiger partial charge in [0.25, 0.3) is 0 Å². The third kappa shape index (κ3) is 3.66. The van der Waals surface area contributed by atoms with Gasteiger partial charge in [-0.2, -0.15) is 0 Å². The summed E-state index contributed by atoms with van der Waals surface area (Å²) in [5.41, 5.74) is 7.36. The van der Waals surface area contributed by atoms with E-state index in [2.05, 4.69) is 25.3 Å². The predicted molar refractivity (Wildman–Crippen MR) is 84.8 cm³/mol. The molecule has 2 heterocycles. The Morgan fingerprint density at radius 2 is 1.92 bits per heavy atom. The zero-order chi connectivity index (χ0) is 16.9. The molecule has 0 saturated heterocycles. The summed E-state index contributed by atoms with van der Waals surface area (Å²) in [5, 5.41) is 2.94. The maximum absolute atomic E-state index is 13.7. The first-order valence-electron chi connectivity index (χ1n) is 7.17. The van der Waals surface area contributed by atoms with Crippen molar-refractivity contribution in [2.75, 3.05) is 11.9 Å². The highest BCUT2D eigenvalue weighted by molar-refractivity contribution is 5.53. The van der Waals surface area contributed by atoms with Crippen molar-refractivity contribution in [2.24, 2.45) is 5.73 Å². The van der Waals surface area contributed by atoms with Gasteiger partial charge in [-0.05, 0) is 12.1 Å². The molecule has 0 aliphatic heterocycles. The summed E-state index contributed by atoms with van der Waals surface area (Å²) in [6.07, 6.45) is 6.30. The van der Waals surface area contributed by atoms with E-state index < -0.39 is 17.7 Å². The fraction of sp³-hybridized carbons (Fsp3) is 0.125. The second-order valence-electron chi connectivity index (χ2n) is 5.01. The topological polar surface area (TPSA) is 89.6 Å². The van der Waals surface area contributed by atoms with Crippen LogP contribution in [0.4, 0.5) is 14.7 Å². The number of halogens is 2. The molecule has 0 fully saturated rings. The van der Waals surface area contributed by atoms with Crippen LogP contribution in [0, 0.1) is 11.6 Å². The van der Waals surface area contributed by atoms with Crippen LogP contribution in [0.2, 0.25) is 0 Å². The number of nitrogens with two attached hydrogens (primary N) is 1. The van der Waals surface area contributed by atoms with Crippen molar-refractivity contribution in [3.63, 3.8) is 0 Å². The molecule has 6 nitrogen and oxygen atoms in total. The number of hydrogen-bond donors (Lipinski definition) is 2. The summed E-state index contributed by atoms with van der Waals surface area (Å²) in [4.78, 5) is 16.5. The van der Waals surface area contributed by atoms with Crippen LogP contribution in [0.25, 0.3) is 11.4 Å². The third-order valence-electron chi connectivity index (χ3n) is 3.32. The van der Waals surface area contributed by atoms with Crippen LogP contribution in [-0.2, 0) is 0 Å². The molecule has 0 aliphatic rings. The van der Waals surface area contributed by atoms with Gasteiger partial charge in [-0.1, -0.05) is 6.07 Å². The van der Waals surface area contributed by atoms with Gasteiger partial charge >= 0.3 is 0 Å². The van der Waals surface area contributed by atoms with Crippen molar-refractivity contribution in [3.05, 3.63) is 66.3 Å². The SMILES string of the molecule is NC(CNc1nccc(-c2cnccn2)n1)c1ccc(F)cc1F. The summed E-state index contributed by atoms with van der Waals surface area (Å²) < 4.78 is 26.7. The maximum atomic E-state index is 13.7. The lowest BCUT2D eigenvalue weighted by atomic mass is 10.1. The minimum absolute atomic E-state index is 0.187. The molecule has 0 bridgehead atoms. The molecule has 0 spiro atoms. The van der Waals surface area contributed by atoms with Gasteiger partial charge in [0.1, 0.15) is 17.3 Å². The van der Waals surface area contributed by atoms with Crippen molar-refractivity contribution in [3.8, 4) is 11.4 Å². The van der Waals surface area contributed by atoms with Gasteiger partial charge in [0.05, 0.1) is 17.9 Å². The Morgan fingerprint density at radius 1 is 1.04 bits per heavy atom. The molecule has 8 heteroatoms. The summed E-state index contributed by atoms with van der Waals surface area (Å²) in [5.74, 6) is -0.994. The number of nitrogens with one attached hydrogen (secondary N) is 1. The van der Waals surface area contributed by atoms with Crippen molar-refractivity contribution < 1.29 is 8.78 Å². The van der Waals surface area contributed by atoms with E-state index in [1.807, 2.05) is 0 Å². The van der Waals surface area contributed by atoms with E-state index in [-0.39, 0.29) is 12.1 Å². The van der Waals surface area contributed by atoms with Gasteiger partial charge in [0.15, 0.2) is 0 Å². The molecule has 0 aliphatic carbocycles. The number of anilines is 1. The molecule has 122 valence electrons. The second kappa shape index (κ2) is 7.05. The predicted octanol–water partition coefficient (Wildman–Crippen LogP) is 2.32. The van der Waals surface area contributed by atoms with Crippen LogP contribution in [0.5, 0.6) is 0 Å². The maximum Gasteiger partial charge on any atom is 0.223 e. The fourth-order valence-corrected chi connectivity index (χ4v) is 2.13. The fourth-order valence-electron chi connectivity index (χ4n) is 2.13. The zero-order valence-electron chi connectivity index (χ0n) is 12.5. The van der Waals surface area contributed by atoms with Gasteiger partial charge in [-0.25, -0.2) is 18.7 Å². The molecular formula is C16H14F2N6. The van der Waals surface area contributed by atoms with Gasteiger partial charge in [0.2, 0.25) is 5.95 Å². The van der Waals surface area contributed by atoms with E-state index in [0.29, 0.717) is 17.3 Å². The Balaban J connectivity index is 1.70. The second-order valence-corrected chi connectivity index (χ2v) is 5.01. The molecule has 1 unspecified atom stereocenters. The van der Waals surface area contributed by atoms with Crippen LogP contribution >= 0.6 is 0 Å². The number of nitrogens with zero attached hydrogens (tertiary/aromatic N) is 4. The Hall–Kier alpha value is -3.00. The van der Waals surface area contributed by atoms with Gasteiger partial charge < -0.3 is 11.1 Å². The van der Waals surface area contributed by atoms with E-state index in [4.69, 9.17) is 5.73 Å². The highest BCUT2D eigenvalue weighted by Crippen LogP contribution is 2.17. The van der Waals surface area contributed by atoms with Crippen molar-refractivity contribution in [1.82, 2.24) is 19.9 Å². The van der Waals surface area contributed by atoms with Crippen LogP contribution < -0.4 is 11.1 Å². The summed E-state index contributed by atoms with van der Waals surface area (Å²) in [7, 11) is 0. The summed E-state index contributed by atoms with van der Waals surface area (Å²) in [6, 6.07) is 4.33. The zero-order valence-corrected chi connectivity index (χ0v) is 12.5. The Morgan fingerprint density at radius 3 is 2.67 bits per heavy atom. The first-order chi connectivity index (χ1) is 11.6. The molecule has 0 radical (unpaired) electrons. The van der Waals surface area contributed by atoms with Crippen LogP contribution in [0.15, 0.2) is 49.1 Å². The summed E-state index contributed by atoms with van der Waals surface area (Å²) in [6.45, 7) is 0.187. The largest absolute Gasteiger partial charge is 0.352 e. The molecule has 3 aromatic rings. The third-order valence-corrected chi connectivity index (χ3v) is 3.32. The van der Waals surface area contributed by atoms with Gasteiger partial charge in [-0.15, -0.1) is 0 Å². The Kier molecular flexibility index (Phi) is 4.66. The van der Waals surface area contributed by atoms with E-state index in [0.717, 1.165) is 6.07 Å². The van der Waals surface area contributed by atoms with Crippen LogP contribution in [0.3, 0.4) is 0 Å². The van der Waals surface area contributed by atoms with Gasteiger partial charge in [0, 0.05) is 36.8 Å². The van der Waals surface area contributed by atoms with E-state index >= 15 is 0 Å². The smallest absolute Gasteiger partial charge is 0.223 e. The van der Waals surface area contributed by atoms with Crippen molar-refractivity contribution in [1.29, 1.82) is 0 Å². The number of rotatable bonds is 5. The monoisotopic (exact) mass is 328 g/mol. The molecule has 24 heavy (non-hydrogen) atoms. The lowest BCUT2D eigenvalue weighted by Gasteiger charge is -2.14. The highest BCUT2D eigenvalue weighted by Gasteiger charge is 2.13. The number of hydrogen-bond acceptors (Lipinski definition) is 6. The molecule has 0 saturated carbocycles. The average Bonchev–Trinajstić information content (AvgIpc) is 2.61. The Bertz CT molecular complexity index is 828. The standard InChI is InChI=1S/C16H14F2N6/c17-10-1-2-11(12(18)7-10)13(19)8-23-16-22-4-3-14(24-16)15-9-20-5-6-21-15/h1-7,9,13H,8,19H2,(H,22,23,24).